The fraction of sp³-hybridized carbons (Fsp3) is 0.625. The van der Waals surface area contributed by atoms with E-state index in [1.165, 1.54) is 0 Å². The molecule has 0 radical (unpaired) electrons. The fourth-order valence-electron chi connectivity index (χ4n) is 1.05. The molecule has 0 atom stereocenters. The maximum Gasteiger partial charge on any atom is 0.159 e. The molecule has 4 heteroatoms. The quantitative estimate of drug-likeness (QED) is 0.710. The zero-order valence-corrected chi connectivity index (χ0v) is 8.53. The van der Waals surface area contributed by atoms with E-state index in [-0.39, 0.29) is 0 Å². The molecular weight excluding hydrogens is 170 g/mol. The highest BCUT2D eigenvalue weighted by molar-refractivity contribution is 7.99. The summed E-state index contributed by atoms with van der Waals surface area (Å²) in [5, 5.41) is 6.95. The first-order valence-electron chi connectivity index (χ1n) is 4.13. The number of thioether (sulfide) groups is 1. The molecular formula is C8H15N3S. The summed E-state index contributed by atoms with van der Waals surface area (Å²) in [7, 11) is 0. The van der Waals surface area contributed by atoms with E-state index in [1.807, 2.05) is 0 Å². The lowest BCUT2D eigenvalue weighted by molar-refractivity contribution is 0.794. The van der Waals surface area contributed by atoms with Crippen LogP contribution in [0.5, 0.6) is 0 Å². The van der Waals surface area contributed by atoms with Crippen molar-refractivity contribution in [1.29, 1.82) is 0 Å². The summed E-state index contributed by atoms with van der Waals surface area (Å²) < 4.78 is 0. The van der Waals surface area contributed by atoms with Crippen molar-refractivity contribution >= 4 is 17.6 Å². The Morgan fingerprint density at radius 2 is 2.25 bits per heavy atom. The molecule has 0 aliphatic heterocycles. The molecule has 0 aliphatic rings. The van der Waals surface area contributed by atoms with E-state index in [0.29, 0.717) is 11.7 Å². The lowest BCUT2D eigenvalue weighted by Gasteiger charge is -2.04. The third-order valence-corrected chi connectivity index (χ3v) is 2.65. The van der Waals surface area contributed by atoms with Crippen LogP contribution >= 0.6 is 11.8 Å². The number of nitrogen functional groups attached to an aromatic ring is 1. The van der Waals surface area contributed by atoms with Gasteiger partial charge in [-0.25, -0.2) is 0 Å². The van der Waals surface area contributed by atoms with Gasteiger partial charge in [0.2, 0.25) is 0 Å². The first kappa shape index (κ1) is 9.45. The van der Waals surface area contributed by atoms with Crippen molar-refractivity contribution < 1.29 is 0 Å². The van der Waals surface area contributed by atoms with Gasteiger partial charge in [0.05, 0.1) is 10.6 Å². The highest BCUT2D eigenvalue weighted by Crippen LogP contribution is 2.30. The van der Waals surface area contributed by atoms with Gasteiger partial charge in [-0.15, -0.1) is 11.8 Å². The standard InChI is InChI=1S/C8H15N3S/c1-4-12-7-6(5(2)3)10-11-8(7)9/h5H,4H2,1-3H3,(H3,9,10,11). The number of aromatic nitrogens is 2. The first-order valence-corrected chi connectivity index (χ1v) is 5.11. The van der Waals surface area contributed by atoms with Crippen molar-refractivity contribution in [3.05, 3.63) is 5.69 Å². The van der Waals surface area contributed by atoms with Gasteiger partial charge in [0.15, 0.2) is 5.82 Å². The van der Waals surface area contributed by atoms with Crippen LogP contribution in [0.2, 0.25) is 0 Å². The molecule has 0 spiro atoms. The van der Waals surface area contributed by atoms with Gasteiger partial charge in [0.25, 0.3) is 0 Å². The van der Waals surface area contributed by atoms with Gasteiger partial charge in [0, 0.05) is 0 Å². The van der Waals surface area contributed by atoms with Crippen LogP contribution in [-0.2, 0) is 0 Å². The zero-order valence-electron chi connectivity index (χ0n) is 7.72. The second-order valence-corrected chi connectivity index (χ2v) is 4.21. The Labute approximate surface area is 77.1 Å². The van der Waals surface area contributed by atoms with Crippen molar-refractivity contribution in [3.63, 3.8) is 0 Å². The average Bonchev–Trinajstić information content (AvgIpc) is 2.34. The number of anilines is 1. The Bertz CT molecular complexity index is 255. The van der Waals surface area contributed by atoms with E-state index < -0.39 is 0 Å². The van der Waals surface area contributed by atoms with E-state index in [1.54, 1.807) is 11.8 Å². The largest absolute Gasteiger partial charge is 0.381 e. The van der Waals surface area contributed by atoms with Crippen molar-refractivity contribution in [3.8, 4) is 0 Å². The minimum Gasteiger partial charge on any atom is -0.381 e. The topological polar surface area (TPSA) is 54.7 Å². The van der Waals surface area contributed by atoms with E-state index in [9.17, 15) is 0 Å². The number of nitrogens with zero attached hydrogens (tertiary/aromatic N) is 1. The molecule has 1 heterocycles. The minimum atomic E-state index is 0.462. The summed E-state index contributed by atoms with van der Waals surface area (Å²) in [6.45, 7) is 6.38. The normalized spacial score (nSPS) is 11.0. The van der Waals surface area contributed by atoms with E-state index in [2.05, 4.69) is 31.0 Å². The van der Waals surface area contributed by atoms with Crippen LogP contribution in [0, 0.1) is 0 Å². The van der Waals surface area contributed by atoms with E-state index in [4.69, 9.17) is 5.73 Å². The molecule has 68 valence electrons. The Balaban J connectivity index is 2.95. The molecule has 0 bridgehead atoms. The third kappa shape index (κ3) is 1.75. The zero-order chi connectivity index (χ0) is 9.14. The number of hydrogen-bond donors (Lipinski definition) is 2. The number of H-pyrrole nitrogens is 1. The lowest BCUT2D eigenvalue weighted by Crippen LogP contribution is -1.91. The van der Waals surface area contributed by atoms with Gasteiger partial charge >= 0.3 is 0 Å². The van der Waals surface area contributed by atoms with Crippen LogP contribution in [0.4, 0.5) is 5.82 Å². The Hall–Kier alpha value is -0.640. The third-order valence-electron chi connectivity index (χ3n) is 1.64. The highest BCUT2D eigenvalue weighted by Gasteiger charge is 2.12. The molecule has 1 rings (SSSR count). The highest BCUT2D eigenvalue weighted by atomic mass is 32.2. The molecule has 0 aliphatic carbocycles. The number of nitrogens with two attached hydrogens (primary N) is 1. The molecule has 0 aromatic carbocycles. The summed E-state index contributed by atoms with van der Waals surface area (Å²) in [6, 6.07) is 0. The molecule has 1 aromatic rings. The molecule has 0 amide bonds. The predicted octanol–water partition coefficient (Wildman–Crippen LogP) is 2.23. The summed E-state index contributed by atoms with van der Waals surface area (Å²) in [5.74, 6) is 2.12. The monoisotopic (exact) mass is 185 g/mol. The van der Waals surface area contributed by atoms with Crippen LogP contribution in [0.3, 0.4) is 0 Å². The van der Waals surface area contributed by atoms with Crippen molar-refractivity contribution in [2.24, 2.45) is 0 Å². The van der Waals surface area contributed by atoms with Gasteiger partial charge in [-0.2, -0.15) is 5.10 Å². The maximum atomic E-state index is 5.70. The van der Waals surface area contributed by atoms with E-state index in [0.717, 1.165) is 16.3 Å². The van der Waals surface area contributed by atoms with Gasteiger partial charge in [0.1, 0.15) is 0 Å². The second-order valence-electron chi connectivity index (χ2n) is 2.94. The van der Waals surface area contributed by atoms with E-state index >= 15 is 0 Å². The summed E-state index contributed by atoms with van der Waals surface area (Å²) in [6.07, 6.45) is 0. The lowest BCUT2D eigenvalue weighted by atomic mass is 10.1. The molecule has 0 unspecified atom stereocenters. The Morgan fingerprint density at radius 3 is 2.75 bits per heavy atom. The molecule has 3 N–H and O–H groups in total. The van der Waals surface area contributed by atoms with Gasteiger partial charge in [-0.1, -0.05) is 20.8 Å². The summed E-state index contributed by atoms with van der Waals surface area (Å²) in [5.41, 5.74) is 6.85. The van der Waals surface area contributed by atoms with Crippen LogP contribution in [-0.4, -0.2) is 16.0 Å². The van der Waals surface area contributed by atoms with Crippen molar-refractivity contribution in [1.82, 2.24) is 10.2 Å². The molecule has 12 heavy (non-hydrogen) atoms. The first-order chi connectivity index (χ1) is 5.66. The number of aromatic amines is 1. The van der Waals surface area contributed by atoms with Gasteiger partial charge in [-0.3, -0.25) is 5.10 Å². The Kier molecular flexibility index (Phi) is 3.03. The molecule has 0 fully saturated rings. The predicted molar refractivity (Wildman–Crippen MR) is 53.5 cm³/mol. The molecule has 3 nitrogen and oxygen atoms in total. The molecule has 0 saturated heterocycles. The van der Waals surface area contributed by atoms with Crippen molar-refractivity contribution in [2.45, 2.75) is 31.6 Å². The van der Waals surface area contributed by atoms with Gasteiger partial charge < -0.3 is 5.73 Å². The van der Waals surface area contributed by atoms with Crippen LogP contribution in [0.1, 0.15) is 32.4 Å². The van der Waals surface area contributed by atoms with Crippen LogP contribution in [0.25, 0.3) is 0 Å². The average molecular weight is 185 g/mol. The van der Waals surface area contributed by atoms with Gasteiger partial charge in [-0.05, 0) is 11.7 Å². The SMILES string of the molecule is CCSc1c(N)n[nH]c1C(C)C. The van der Waals surface area contributed by atoms with Crippen LogP contribution in [0.15, 0.2) is 4.90 Å². The summed E-state index contributed by atoms with van der Waals surface area (Å²) >= 11 is 1.74. The van der Waals surface area contributed by atoms with Crippen LogP contribution < -0.4 is 5.73 Å². The number of hydrogen-bond acceptors (Lipinski definition) is 3. The minimum absolute atomic E-state index is 0.462. The molecule has 1 aromatic heterocycles. The second kappa shape index (κ2) is 3.85. The smallest absolute Gasteiger partial charge is 0.159 e. The fourth-order valence-corrected chi connectivity index (χ4v) is 1.97. The molecule has 0 saturated carbocycles. The van der Waals surface area contributed by atoms with Crippen molar-refractivity contribution in [2.75, 3.05) is 11.5 Å². The number of nitrogens with one attached hydrogen (secondary N) is 1. The summed E-state index contributed by atoms with van der Waals surface area (Å²) in [4.78, 5) is 1.12. The maximum absolute atomic E-state index is 5.70. The number of rotatable bonds is 3. The Morgan fingerprint density at radius 1 is 1.58 bits per heavy atom.